The molecule has 72 valence electrons. The summed E-state index contributed by atoms with van der Waals surface area (Å²) in [6.07, 6.45) is 1.68. The minimum atomic E-state index is -0.447. The second kappa shape index (κ2) is 6.00. The second-order valence-electron chi connectivity index (χ2n) is 3.45. The number of primary amides is 1. The predicted octanol–water partition coefficient (Wildman–Crippen LogP) is 1.31. The van der Waals surface area contributed by atoms with E-state index in [2.05, 4.69) is 13.8 Å². The highest BCUT2D eigenvalue weighted by atomic mass is 16.5. The Kier molecular flexibility index (Phi) is 5.72. The Morgan fingerprint density at radius 1 is 1.42 bits per heavy atom. The molecule has 1 amide bonds. The van der Waals surface area contributed by atoms with Crippen LogP contribution in [0.15, 0.2) is 0 Å². The first-order valence-electron chi connectivity index (χ1n) is 4.45. The van der Waals surface area contributed by atoms with Gasteiger partial charge in [-0.1, -0.05) is 13.8 Å². The maximum absolute atomic E-state index is 10.5. The summed E-state index contributed by atoms with van der Waals surface area (Å²) in [4.78, 5) is 10.5. The van der Waals surface area contributed by atoms with Crippen molar-refractivity contribution in [1.82, 2.24) is 0 Å². The average Bonchev–Trinajstić information content (AvgIpc) is 1.97. The lowest BCUT2D eigenvalue weighted by molar-refractivity contribution is -0.128. The van der Waals surface area contributed by atoms with Crippen molar-refractivity contribution in [2.24, 2.45) is 11.7 Å². The molecule has 0 aromatic heterocycles. The summed E-state index contributed by atoms with van der Waals surface area (Å²) in [5, 5.41) is 0. The molecule has 0 aliphatic carbocycles. The lowest BCUT2D eigenvalue weighted by Gasteiger charge is -2.09. The maximum Gasteiger partial charge on any atom is 0.246 e. The van der Waals surface area contributed by atoms with Crippen LogP contribution < -0.4 is 5.73 Å². The van der Waals surface area contributed by atoms with Crippen molar-refractivity contribution in [2.75, 3.05) is 6.61 Å². The van der Waals surface area contributed by atoms with E-state index in [1.165, 1.54) is 0 Å². The van der Waals surface area contributed by atoms with E-state index in [1.54, 1.807) is 6.92 Å². The van der Waals surface area contributed by atoms with Gasteiger partial charge >= 0.3 is 0 Å². The van der Waals surface area contributed by atoms with Crippen LogP contribution in [0.2, 0.25) is 0 Å². The quantitative estimate of drug-likeness (QED) is 0.616. The molecule has 0 rings (SSSR count). The van der Waals surface area contributed by atoms with Crippen molar-refractivity contribution < 1.29 is 9.53 Å². The smallest absolute Gasteiger partial charge is 0.246 e. The summed E-state index contributed by atoms with van der Waals surface area (Å²) in [5.41, 5.74) is 5.01. The number of nitrogens with two attached hydrogens (primary N) is 1. The predicted molar refractivity (Wildman–Crippen MR) is 48.7 cm³/mol. The Labute approximate surface area is 74.3 Å². The van der Waals surface area contributed by atoms with Crippen LogP contribution in [0.5, 0.6) is 0 Å². The molecule has 0 aliphatic heterocycles. The summed E-state index contributed by atoms with van der Waals surface area (Å²) in [6, 6.07) is 0. The first kappa shape index (κ1) is 11.4. The summed E-state index contributed by atoms with van der Waals surface area (Å²) in [6.45, 7) is 6.63. The lowest BCUT2D eigenvalue weighted by Crippen LogP contribution is -2.28. The molecule has 3 nitrogen and oxygen atoms in total. The zero-order chi connectivity index (χ0) is 9.56. The molecular weight excluding hydrogens is 154 g/mol. The Morgan fingerprint density at radius 2 is 2.00 bits per heavy atom. The van der Waals surface area contributed by atoms with Gasteiger partial charge in [0, 0.05) is 6.61 Å². The normalized spacial score (nSPS) is 13.3. The molecule has 1 atom stereocenters. The molecule has 0 saturated carbocycles. The van der Waals surface area contributed by atoms with Crippen molar-refractivity contribution in [2.45, 2.75) is 39.7 Å². The number of hydrogen-bond acceptors (Lipinski definition) is 2. The van der Waals surface area contributed by atoms with Crippen molar-refractivity contribution in [3.05, 3.63) is 0 Å². The van der Waals surface area contributed by atoms with Gasteiger partial charge in [0.1, 0.15) is 6.10 Å². The minimum absolute atomic E-state index is 0.389. The molecule has 0 aliphatic rings. The molecule has 0 fully saturated rings. The van der Waals surface area contributed by atoms with Gasteiger partial charge in [-0.2, -0.15) is 0 Å². The van der Waals surface area contributed by atoms with Gasteiger partial charge in [0.2, 0.25) is 5.91 Å². The molecule has 0 saturated heterocycles. The fraction of sp³-hybridized carbons (Fsp3) is 0.889. The van der Waals surface area contributed by atoms with E-state index in [-0.39, 0.29) is 5.91 Å². The highest BCUT2D eigenvalue weighted by Gasteiger charge is 2.07. The van der Waals surface area contributed by atoms with Crippen molar-refractivity contribution in [1.29, 1.82) is 0 Å². The number of ether oxygens (including phenoxy) is 1. The van der Waals surface area contributed by atoms with Crippen LogP contribution in [0.4, 0.5) is 0 Å². The molecule has 0 radical (unpaired) electrons. The van der Waals surface area contributed by atoms with Crippen molar-refractivity contribution in [3.63, 3.8) is 0 Å². The Morgan fingerprint density at radius 3 is 2.42 bits per heavy atom. The van der Waals surface area contributed by atoms with E-state index in [0.29, 0.717) is 12.5 Å². The summed E-state index contributed by atoms with van der Waals surface area (Å²) < 4.78 is 5.18. The third kappa shape index (κ3) is 6.16. The topological polar surface area (TPSA) is 52.3 Å². The van der Waals surface area contributed by atoms with Crippen LogP contribution in [0.3, 0.4) is 0 Å². The van der Waals surface area contributed by atoms with E-state index < -0.39 is 6.10 Å². The zero-order valence-electron chi connectivity index (χ0n) is 8.17. The van der Waals surface area contributed by atoms with Gasteiger partial charge in [-0.15, -0.1) is 0 Å². The van der Waals surface area contributed by atoms with E-state index in [1.807, 2.05) is 0 Å². The largest absolute Gasteiger partial charge is 0.369 e. The van der Waals surface area contributed by atoms with Gasteiger partial charge in [-0.05, 0) is 25.7 Å². The van der Waals surface area contributed by atoms with Gasteiger partial charge in [0.05, 0.1) is 0 Å². The SMILES string of the molecule is CC(C)CCCOC(C)C(N)=O. The van der Waals surface area contributed by atoms with Gasteiger partial charge < -0.3 is 10.5 Å². The van der Waals surface area contributed by atoms with E-state index in [4.69, 9.17) is 10.5 Å². The molecule has 1 unspecified atom stereocenters. The Balaban J connectivity index is 3.25. The molecule has 2 N–H and O–H groups in total. The summed E-state index contributed by atoms with van der Waals surface area (Å²) >= 11 is 0. The lowest BCUT2D eigenvalue weighted by atomic mass is 10.1. The first-order chi connectivity index (χ1) is 5.54. The van der Waals surface area contributed by atoms with Gasteiger partial charge in [-0.3, -0.25) is 4.79 Å². The van der Waals surface area contributed by atoms with Crippen molar-refractivity contribution in [3.8, 4) is 0 Å². The average molecular weight is 173 g/mol. The van der Waals surface area contributed by atoms with E-state index in [9.17, 15) is 4.79 Å². The monoisotopic (exact) mass is 173 g/mol. The van der Waals surface area contributed by atoms with Gasteiger partial charge in [0.15, 0.2) is 0 Å². The standard InChI is InChI=1S/C9H19NO2/c1-7(2)5-4-6-12-8(3)9(10)11/h7-8H,4-6H2,1-3H3,(H2,10,11). The summed E-state index contributed by atoms with van der Waals surface area (Å²) in [7, 11) is 0. The number of carbonyl (C=O) groups is 1. The minimum Gasteiger partial charge on any atom is -0.369 e. The van der Waals surface area contributed by atoms with Crippen LogP contribution in [0.1, 0.15) is 33.6 Å². The third-order valence-corrected chi connectivity index (χ3v) is 1.69. The van der Waals surface area contributed by atoms with Crippen LogP contribution in [-0.4, -0.2) is 18.6 Å². The van der Waals surface area contributed by atoms with E-state index in [0.717, 1.165) is 12.8 Å². The van der Waals surface area contributed by atoms with Crippen LogP contribution in [0.25, 0.3) is 0 Å². The van der Waals surface area contributed by atoms with Gasteiger partial charge in [0.25, 0.3) is 0 Å². The van der Waals surface area contributed by atoms with Crippen LogP contribution >= 0.6 is 0 Å². The molecule has 0 heterocycles. The fourth-order valence-corrected chi connectivity index (χ4v) is 0.834. The number of hydrogen-bond donors (Lipinski definition) is 1. The Bertz CT molecular complexity index is 134. The molecule has 0 spiro atoms. The fourth-order valence-electron chi connectivity index (χ4n) is 0.834. The van der Waals surface area contributed by atoms with Crippen LogP contribution in [-0.2, 0) is 9.53 Å². The molecule has 3 heteroatoms. The maximum atomic E-state index is 10.5. The second-order valence-corrected chi connectivity index (χ2v) is 3.45. The van der Waals surface area contributed by atoms with Crippen molar-refractivity contribution >= 4 is 5.91 Å². The number of amides is 1. The molecule has 0 aromatic rings. The van der Waals surface area contributed by atoms with E-state index >= 15 is 0 Å². The number of rotatable bonds is 6. The zero-order valence-corrected chi connectivity index (χ0v) is 8.17. The summed E-state index contributed by atoms with van der Waals surface area (Å²) in [5.74, 6) is 0.303. The van der Waals surface area contributed by atoms with Gasteiger partial charge in [-0.25, -0.2) is 0 Å². The Hall–Kier alpha value is -0.570. The first-order valence-corrected chi connectivity index (χ1v) is 4.45. The molecular formula is C9H19NO2. The highest BCUT2D eigenvalue weighted by molar-refractivity contribution is 5.78. The molecule has 0 aromatic carbocycles. The highest BCUT2D eigenvalue weighted by Crippen LogP contribution is 2.03. The van der Waals surface area contributed by atoms with Crippen LogP contribution in [0, 0.1) is 5.92 Å². The molecule has 12 heavy (non-hydrogen) atoms. The number of carbonyl (C=O) groups excluding carboxylic acids is 1. The third-order valence-electron chi connectivity index (χ3n) is 1.69. The molecule has 0 bridgehead atoms.